The van der Waals surface area contributed by atoms with Gasteiger partial charge in [-0.2, -0.15) is 4.98 Å². The molecule has 0 saturated carbocycles. The van der Waals surface area contributed by atoms with E-state index in [4.69, 9.17) is 50.5 Å². The number of aromatic nitrogens is 3. The Morgan fingerprint density at radius 2 is 1.35 bits per heavy atom. The van der Waals surface area contributed by atoms with Gasteiger partial charge in [0.2, 0.25) is 5.95 Å². The van der Waals surface area contributed by atoms with Gasteiger partial charge in [0.05, 0.1) is 72.7 Å². The molecule has 1 rings (SSSR count). The highest BCUT2D eigenvalue weighted by Gasteiger charge is 2.11. The Balaban J connectivity index is 2.25. The van der Waals surface area contributed by atoms with Crippen molar-refractivity contribution in [3.05, 3.63) is 5.15 Å². The molecule has 3 N–H and O–H groups in total. The van der Waals surface area contributed by atoms with Gasteiger partial charge in [0, 0.05) is 20.8 Å². The maximum Gasteiger partial charge on any atom is 0.244 e. The van der Waals surface area contributed by atoms with Crippen molar-refractivity contribution in [2.75, 3.05) is 104 Å². The fourth-order valence-corrected chi connectivity index (χ4v) is 2.17. The smallest absolute Gasteiger partial charge is 0.244 e. The third-order valence-corrected chi connectivity index (χ3v) is 3.89. The van der Waals surface area contributed by atoms with Crippen molar-refractivity contribution >= 4 is 23.4 Å². The zero-order valence-electron chi connectivity index (χ0n) is 18.2. The maximum absolute atomic E-state index is 5.84. The molecular weight excluding hydrogens is 434 g/mol. The van der Waals surface area contributed by atoms with Crippen LogP contribution in [0.25, 0.3) is 0 Å². The molecule has 0 radical (unpaired) electrons. The lowest BCUT2D eigenvalue weighted by Gasteiger charge is -2.18. The Morgan fingerprint density at radius 3 is 1.90 bits per heavy atom. The largest absolute Gasteiger partial charge is 0.382 e. The Hall–Kier alpha value is -1.38. The van der Waals surface area contributed by atoms with Gasteiger partial charge in [-0.15, -0.1) is 10.2 Å². The quantitative estimate of drug-likeness (QED) is 0.239. The number of nitrogen functional groups attached to an aromatic ring is 1. The van der Waals surface area contributed by atoms with Crippen LogP contribution in [0.1, 0.15) is 0 Å². The van der Waals surface area contributed by atoms with E-state index in [-0.39, 0.29) is 23.0 Å². The number of nitrogens with one attached hydrogen (secondary N) is 1. The molecule has 0 aromatic carbocycles. The highest BCUT2D eigenvalue weighted by Crippen LogP contribution is 2.11. The van der Waals surface area contributed by atoms with Crippen LogP contribution in [0.2, 0.25) is 5.15 Å². The van der Waals surface area contributed by atoms with Crippen LogP contribution in [0, 0.1) is 0 Å². The van der Waals surface area contributed by atoms with Gasteiger partial charge in [-0.25, -0.2) is 0 Å². The number of hydrogen-bond donors (Lipinski definition) is 2. The highest BCUT2D eigenvalue weighted by atomic mass is 35.5. The molecule has 13 heteroatoms. The molecule has 0 aliphatic rings. The van der Waals surface area contributed by atoms with Crippen LogP contribution >= 0.6 is 11.6 Å². The van der Waals surface area contributed by atoms with Crippen molar-refractivity contribution < 1.29 is 33.2 Å². The predicted octanol–water partition coefficient (Wildman–Crippen LogP) is 0.264. The monoisotopic (exact) mass is 467 g/mol. The van der Waals surface area contributed by atoms with Crippen LogP contribution in [0.15, 0.2) is 0 Å². The molecule has 1 aromatic heterocycles. The number of hydrogen-bond acceptors (Lipinski definition) is 12. The maximum atomic E-state index is 5.84. The molecule has 0 bridgehead atoms. The minimum atomic E-state index is -0.255. The minimum absolute atomic E-state index is 0.0635. The molecule has 12 nitrogen and oxygen atoms in total. The van der Waals surface area contributed by atoms with Gasteiger partial charge in [0.25, 0.3) is 0 Å². The molecule has 0 amide bonds. The molecule has 0 fully saturated rings. The van der Waals surface area contributed by atoms with Gasteiger partial charge in [0.15, 0.2) is 11.0 Å². The zero-order chi connectivity index (χ0) is 22.6. The van der Waals surface area contributed by atoms with E-state index >= 15 is 0 Å². The minimum Gasteiger partial charge on any atom is -0.382 e. The summed E-state index contributed by atoms with van der Waals surface area (Å²) in [4.78, 5) is 3.98. The second-order valence-electron chi connectivity index (χ2n) is 6.09. The summed E-state index contributed by atoms with van der Waals surface area (Å²) in [5.41, 5.74) is 5.60. The lowest BCUT2D eigenvalue weighted by molar-refractivity contribution is -0.0725. The van der Waals surface area contributed by atoms with Crippen LogP contribution < -0.4 is 11.1 Å². The van der Waals surface area contributed by atoms with Crippen LogP contribution in [-0.2, 0) is 33.2 Å². The van der Waals surface area contributed by atoms with E-state index in [1.807, 2.05) is 0 Å². The molecule has 1 aromatic rings. The number of ether oxygens (including phenoxy) is 7. The topological polar surface area (TPSA) is 141 Å². The molecule has 180 valence electrons. The van der Waals surface area contributed by atoms with Crippen molar-refractivity contribution in [1.29, 1.82) is 0 Å². The fraction of sp³-hybridized carbons (Fsp3) is 0.833. The van der Waals surface area contributed by atoms with Crippen LogP contribution in [0.5, 0.6) is 0 Å². The molecule has 0 spiro atoms. The first-order valence-electron chi connectivity index (χ1n) is 9.97. The summed E-state index contributed by atoms with van der Waals surface area (Å²) in [6.07, 6.45) is -0.255. The molecular formula is C18H34ClN5O7. The third-order valence-electron chi connectivity index (χ3n) is 3.62. The van der Waals surface area contributed by atoms with Gasteiger partial charge >= 0.3 is 0 Å². The zero-order valence-corrected chi connectivity index (χ0v) is 19.0. The normalized spacial score (nSPS) is 11.4. The number of methoxy groups -OCH3 is 2. The molecule has 0 unspecified atom stereocenters. The lowest BCUT2D eigenvalue weighted by Crippen LogP contribution is -2.29. The van der Waals surface area contributed by atoms with E-state index in [0.717, 1.165) is 0 Å². The Bertz CT molecular complexity index is 544. The summed E-state index contributed by atoms with van der Waals surface area (Å²) in [5.74, 6) is 0.385. The van der Waals surface area contributed by atoms with Crippen molar-refractivity contribution in [1.82, 2.24) is 15.2 Å². The van der Waals surface area contributed by atoms with Crippen LogP contribution in [0.3, 0.4) is 0 Å². The van der Waals surface area contributed by atoms with Gasteiger partial charge in [0.1, 0.15) is 6.10 Å². The van der Waals surface area contributed by atoms with E-state index in [2.05, 4.69) is 20.5 Å². The van der Waals surface area contributed by atoms with E-state index in [1.165, 1.54) is 0 Å². The molecule has 0 aliphatic carbocycles. The second kappa shape index (κ2) is 19.3. The first-order chi connectivity index (χ1) is 15.2. The van der Waals surface area contributed by atoms with E-state index in [1.54, 1.807) is 14.2 Å². The average Bonchev–Trinajstić information content (AvgIpc) is 2.77. The number of rotatable bonds is 21. The van der Waals surface area contributed by atoms with Crippen molar-refractivity contribution in [2.24, 2.45) is 0 Å². The summed E-state index contributed by atoms with van der Waals surface area (Å²) in [7, 11) is 3.26. The Labute approximate surface area is 188 Å². The van der Waals surface area contributed by atoms with E-state index in [0.29, 0.717) is 79.2 Å². The fourth-order valence-electron chi connectivity index (χ4n) is 2.09. The number of halogens is 1. The average molecular weight is 468 g/mol. The highest BCUT2D eigenvalue weighted by molar-refractivity contribution is 6.31. The first-order valence-corrected chi connectivity index (χ1v) is 10.3. The summed E-state index contributed by atoms with van der Waals surface area (Å²) in [6.45, 7) is 5.58. The third kappa shape index (κ3) is 15.1. The van der Waals surface area contributed by atoms with E-state index < -0.39 is 0 Å². The van der Waals surface area contributed by atoms with Gasteiger partial charge in [-0.05, 0) is 0 Å². The summed E-state index contributed by atoms with van der Waals surface area (Å²) in [6, 6.07) is 0. The Morgan fingerprint density at radius 1 is 0.806 bits per heavy atom. The predicted molar refractivity (Wildman–Crippen MR) is 115 cm³/mol. The summed E-state index contributed by atoms with van der Waals surface area (Å²) in [5, 5.41) is 10.5. The summed E-state index contributed by atoms with van der Waals surface area (Å²) >= 11 is 5.70. The molecule has 31 heavy (non-hydrogen) atoms. The molecule has 1 heterocycles. The molecule has 0 atom stereocenters. The second-order valence-corrected chi connectivity index (χ2v) is 6.45. The molecule has 0 aliphatic heterocycles. The van der Waals surface area contributed by atoms with Gasteiger partial charge < -0.3 is 44.2 Å². The number of nitrogens with two attached hydrogens (primary N) is 1. The number of anilines is 2. The van der Waals surface area contributed by atoms with Gasteiger partial charge in [-0.3, -0.25) is 0 Å². The van der Waals surface area contributed by atoms with E-state index in [9.17, 15) is 0 Å². The summed E-state index contributed by atoms with van der Waals surface area (Å²) < 4.78 is 37.7. The lowest BCUT2D eigenvalue weighted by atomic mass is 10.4. The molecule has 0 saturated heterocycles. The van der Waals surface area contributed by atoms with Crippen LogP contribution in [0.4, 0.5) is 11.8 Å². The van der Waals surface area contributed by atoms with Crippen molar-refractivity contribution in [3.63, 3.8) is 0 Å². The Kier molecular flexibility index (Phi) is 17.2. The van der Waals surface area contributed by atoms with Crippen molar-refractivity contribution in [3.8, 4) is 0 Å². The van der Waals surface area contributed by atoms with Gasteiger partial charge in [-0.1, -0.05) is 11.6 Å². The standard InChI is InChI=1S/C18H34ClN5O7/c1-25-5-7-27-9-11-29-13-15(14-30-12-10-28-8-6-26-2)31-4-3-21-18-22-17(20)16(19)23-24-18/h15H,3-14H2,1-2H3,(H3,20,21,22,24). The number of nitrogens with zero attached hydrogens (tertiary/aromatic N) is 3. The van der Waals surface area contributed by atoms with Crippen molar-refractivity contribution in [2.45, 2.75) is 6.10 Å². The van der Waals surface area contributed by atoms with Crippen LogP contribution in [-0.4, -0.2) is 115 Å². The SMILES string of the molecule is COCCOCCOCC(COCCOCCOC)OCCNc1nnc(Cl)c(N)n1. The first kappa shape index (κ1) is 27.7.